The standard InChI is InChI=1S/C25H24F8N4O4S/c1-22(2,40)11-35-19(38)20-36-16(21(39)37-8-6-13(34-3)7-9-37)17(42-20)14-5-4-12(10-15(14)18(26)27)23(41,24(28,29)30)25(31,32)33/h4-5,10,13,18,40-41H,6-9,11H2,1-2H3,(H,35,38). The van der Waals surface area contributed by atoms with E-state index in [1.807, 2.05) is 0 Å². The van der Waals surface area contributed by atoms with Gasteiger partial charge in [-0.05, 0) is 19.9 Å². The molecular formula is C25H24F8N4O4S. The Labute approximate surface area is 237 Å². The van der Waals surface area contributed by atoms with Crippen LogP contribution in [0.3, 0.4) is 0 Å². The fourth-order valence-electron chi connectivity index (χ4n) is 4.13. The highest BCUT2D eigenvalue weighted by molar-refractivity contribution is 7.17. The van der Waals surface area contributed by atoms with E-state index < -0.39 is 74.1 Å². The Morgan fingerprint density at radius 3 is 2.17 bits per heavy atom. The lowest BCUT2D eigenvalue weighted by atomic mass is 9.89. The molecule has 17 heteroatoms. The van der Waals surface area contributed by atoms with Gasteiger partial charge in [-0.15, -0.1) is 11.3 Å². The molecule has 230 valence electrons. The summed E-state index contributed by atoms with van der Waals surface area (Å²) in [5, 5.41) is 21.5. The normalized spacial score (nSPS) is 15.6. The van der Waals surface area contributed by atoms with E-state index in [9.17, 15) is 54.9 Å². The van der Waals surface area contributed by atoms with Gasteiger partial charge in [0, 0.05) is 49.2 Å². The van der Waals surface area contributed by atoms with Crippen LogP contribution in [0.1, 0.15) is 64.5 Å². The maximum atomic E-state index is 14.2. The van der Waals surface area contributed by atoms with Gasteiger partial charge in [-0.3, -0.25) is 9.59 Å². The highest BCUT2D eigenvalue weighted by atomic mass is 32.1. The largest absolute Gasteiger partial charge is 0.430 e. The zero-order valence-electron chi connectivity index (χ0n) is 21.9. The number of alkyl halides is 8. The summed E-state index contributed by atoms with van der Waals surface area (Å²) < 4.78 is 109. The van der Waals surface area contributed by atoms with Crippen molar-refractivity contribution in [2.24, 2.45) is 0 Å². The second-order valence-electron chi connectivity index (χ2n) is 10.2. The fraction of sp³-hybridized carbons (Fsp3) is 0.520. The molecular weight excluding hydrogens is 604 g/mol. The van der Waals surface area contributed by atoms with E-state index in [0.29, 0.717) is 17.4 Å². The molecule has 2 heterocycles. The van der Waals surface area contributed by atoms with E-state index in [-0.39, 0.29) is 50.7 Å². The highest BCUT2D eigenvalue weighted by Crippen LogP contribution is 2.51. The monoisotopic (exact) mass is 628 g/mol. The molecule has 3 N–H and O–H groups in total. The number of hydrogen-bond acceptors (Lipinski definition) is 6. The Bertz CT molecular complexity index is 1360. The van der Waals surface area contributed by atoms with Crippen LogP contribution in [-0.2, 0) is 5.60 Å². The molecule has 0 bridgehead atoms. The van der Waals surface area contributed by atoms with Gasteiger partial charge < -0.3 is 25.3 Å². The third-order valence-electron chi connectivity index (χ3n) is 6.41. The number of nitrogens with zero attached hydrogens (tertiary/aromatic N) is 3. The molecule has 3 rings (SSSR count). The van der Waals surface area contributed by atoms with Crippen molar-refractivity contribution in [1.29, 1.82) is 0 Å². The van der Waals surface area contributed by atoms with Crippen molar-refractivity contribution in [2.45, 2.75) is 62.7 Å². The van der Waals surface area contributed by atoms with Gasteiger partial charge in [0.1, 0.15) is 5.69 Å². The number of benzene rings is 1. The minimum atomic E-state index is -6.33. The van der Waals surface area contributed by atoms with Gasteiger partial charge >= 0.3 is 12.4 Å². The smallest absolute Gasteiger partial charge is 0.389 e. The van der Waals surface area contributed by atoms with E-state index >= 15 is 0 Å². The first-order valence-electron chi connectivity index (χ1n) is 12.2. The first-order valence-corrected chi connectivity index (χ1v) is 13.0. The molecule has 0 radical (unpaired) electrons. The molecule has 1 fully saturated rings. The number of piperidine rings is 1. The van der Waals surface area contributed by atoms with Crippen molar-refractivity contribution in [3.63, 3.8) is 0 Å². The molecule has 8 nitrogen and oxygen atoms in total. The number of amides is 2. The number of halogens is 8. The maximum Gasteiger partial charge on any atom is 0.430 e. The number of carbonyl (C=O) groups is 2. The molecule has 0 unspecified atom stereocenters. The molecule has 42 heavy (non-hydrogen) atoms. The summed E-state index contributed by atoms with van der Waals surface area (Å²) >= 11 is 0.384. The topological polar surface area (TPSA) is 107 Å². The van der Waals surface area contributed by atoms with Crippen LogP contribution in [0.5, 0.6) is 0 Å². The van der Waals surface area contributed by atoms with Crippen LogP contribution < -0.4 is 5.32 Å². The molecule has 0 aliphatic carbocycles. The minimum absolute atomic E-state index is 0.0634. The van der Waals surface area contributed by atoms with Gasteiger partial charge in [-0.1, -0.05) is 12.1 Å². The van der Waals surface area contributed by atoms with Crippen molar-refractivity contribution in [2.75, 3.05) is 19.6 Å². The number of carbonyl (C=O) groups excluding carboxylic acids is 2. The summed E-state index contributed by atoms with van der Waals surface area (Å²) in [6, 6.07) is 0.106. The number of aromatic nitrogens is 1. The van der Waals surface area contributed by atoms with Gasteiger partial charge in [0.25, 0.3) is 23.8 Å². The van der Waals surface area contributed by atoms with Gasteiger partial charge in [-0.2, -0.15) is 26.3 Å². The predicted molar refractivity (Wildman–Crippen MR) is 133 cm³/mol. The van der Waals surface area contributed by atoms with Gasteiger partial charge in [0.2, 0.25) is 6.04 Å². The molecule has 1 aliphatic heterocycles. The molecule has 2 aromatic rings. The number of likely N-dealkylation sites (tertiary alicyclic amines) is 1. The van der Waals surface area contributed by atoms with Crippen molar-refractivity contribution >= 4 is 23.2 Å². The predicted octanol–water partition coefficient (Wildman–Crippen LogP) is 5.08. The van der Waals surface area contributed by atoms with Crippen LogP contribution in [-0.4, -0.2) is 75.5 Å². The van der Waals surface area contributed by atoms with Crippen LogP contribution >= 0.6 is 11.3 Å². The summed E-state index contributed by atoms with van der Waals surface area (Å²) in [4.78, 5) is 34.3. The average Bonchev–Trinajstić information content (AvgIpc) is 3.34. The van der Waals surface area contributed by atoms with Crippen molar-refractivity contribution in [1.82, 2.24) is 15.2 Å². The Kier molecular flexibility index (Phi) is 9.26. The molecule has 1 aromatic carbocycles. The maximum absolute atomic E-state index is 14.2. The lowest BCUT2D eigenvalue weighted by Crippen LogP contribution is -2.54. The molecule has 1 aliphatic rings. The zero-order valence-corrected chi connectivity index (χ0v) is 22.7. The van der Waals surface area contributed by atoms with Gasteiger partial charge in [0.15, 0.2) is 5.01 Å². The van der Waals surface area contributed by atoms with E-state index in [1.54, 1.807) is 0 Å². The van der Waals surface area contributed by atoms with E-state index in [4.69, 9.17) is 6.57 Å². The van der Waals surface area contributed by atoms with Crippen molar-refractivity contribution in [3.05, 3.63) is 51.4 Å². The van der Waals surface area contributed by atoms with E-state index in [2.05, 4.69) is 15.1 Å². The number of aliphatic hydroxyl groups is 2. The summed E-state index contributed by atoms with van der Waals surface area (Å²) in [6.07, 6.45) is -15.8. The summed E-state index contributed by atoms with van der Waals surface area (Å²) in [5.74, 6) is -1.80. The lowest BCUT2D eigenvalue weighted by molar-refractivity contribution is -0.376. The van der Waals surface area contributed by atoms with Crippen LogP contribution in [0.2, 0.25) is 0 Å². The first-order chi connectivity index (χ1) is 19.2. The quantitative estimate of drug-likeness (QED) is 0.293. The van der Waals surface area contributed by atoms with Gasteiger partial charge in [0.05, 0.1) is 10.5 Å². The highest BCUT2D eigenvalue weighted by Gasteiger charge is 2.71. The van der Waals surface area contributed by atoms with Gasteiger partial charge in [-0.25, -0.2) is 20.3 Å². The summed E-state index contributed by atoms with van der Waals surface area (Å²) in [7, 11) is 0. The van der Waals surface area contributed by atoms with Crippen molar-refractivity contribution in [3.8, 4) is 10.4 Å². The number of hydrogen-bond donors (Lipinski definition) is 3. The molecule has 0 atom stereocenters. The Morgan fingerprint density at radius 1 is 1.12 bits per heavy atom. The second kappa shape index (κ2) is 11.7. The minimum Gasteiger partial charge on any atom is -0.389 e. The summed E-state index contributed by atoms with van der Waals surface area (Å²) in [5.41, 5.74) is -11.4. The molecule has 2 amide bonds. The third kappa shape index (κ3) is 6.65. The first kappa shape index (κ1) is 33.1. The van der Waals surface area contributed by atoms with Crippen LogP contribution in [0.4, 0.5) is 35.1 Å². The molecule has 0 spiro atoms. The molecule has 1 aromatic heterocycles. The number of nitrogens with one attached hydrogen (secondary N) is 1. The van der Waals surface area contributed by atoms with E-state index in [0.717, 1.165) is 0 Å². The van der Waals surface area contributed by atoms with Crippen molar-refractivity contribution < 1.29 is 54.9 Å². The Hall–Kier alpha value is -3.36. The zero-order chi connectivity index (χ0) is 31.8. The SMILES string of the molecule is [C-]#[N+]C1CCN(C(=O)c2nc(C(=O)NCC(C)(C)O)sc2-c2ccc(C(O)(C(F)(F)F)C(F)(F)F)cc2C(F)F)CC1. The Balaban J connectivity index is 2.19. The lowest BCUT2D eigenvalue weighted by Gasteiger charge is -2.33. The molecule has 1 saturated heterocycles. The summed E-state index contributed by atoms with van der Waals surface area (Å²) in [6.45, 7) is 9.70. The average molecular weight is 629 g/mol. The van der Waals surface area contributed by atoms with Crippen LogP contribution in [0.15, 0.2) is 18.2 Å². The van der Waals surface area contributed by atoms with E-state index in [1.165, 1.54) is 18.7 Å². The Morgan fingerprint density at radius 2 is 1.69 bits per heavy atom. The molecule has 0 saturated carbocycles. The fourth-order valence-corrected chi connectivity index (χ4v) is 5.15. The number of rotatable bonds is 7. The third-order valence-corrected chi connectivity index (χ3v) is 7.50. The van der Waals surface area contributed by atoms with Crippen LogP contribution in [0, 0.1) is 6.57 Å². The van der Waals surface area contributed by atoms with Crippen LogP contribution in [0.25, 0.3) is 15.3 Å². The number of thiazole rings is 1. The second-order valence-corrected chi connectivity index (χ2v) is 11.2.